The van der Waals surface area contributed by atoms with Crippen molar-refractivity contribution >= 4 is 5.91 Å². The highest BCUT2D eigenvalue weighted by Gasteiger charge is 2.34. The van der Waals surface area contributed by atoms with Crippen molar-refractivity contribution in [2.24, 2.45) is 0 Å². The Morgan fingerprint density at radius 1 is 1.38 bits per heavy atom. The molecule has 134 valence electrons. The average Bonchev–Trinajstić information content (AvgIpc) is 3.19. The van der Waals surface area contributed by atoms with Crippen LogP contribution in [0.3, 0.4) is 0 Å². The fraction of sp³-hybridized carbons (Fsp3) is 0.733. The topological polar surface area (TPSA) is 51.8 Å². The maximum absolute atomic E-state index is 12.5. The molecule has 24 heavy (non-hydrogen) atoms. The van der Waals surface area contributed by atoms with Crippen LogP contribution in [0.4, 0.5) is 13.2 Å². The van der Waals surface area contributed by atoms with Crippen LogP contribution in [0.1, 0.15) is 18.5 Å². The van der Waals surface area contributed by atoms with Gasteiger partial charge in [-0.1, -0.05) is 0 Å². The normalized spacial score (nSPS) is 23.0. The van der Waals surface area contributed by atoms with Crippen LogP contribution in [-0.4, -0.2) is 66.0 Å². The molecule has 2 aliphatic rings. The number of nitrogens with one attached hydrogen (secondary N) is 1. The quantitative estimate of drug-likeness (QED) is 0.821. The summed E-state index contributed by atoms with van der Waals surface area (Å²) < 4.78 is 44.2. The second-order valence-electron chi connectivity index (χ2n) is 6.37. The summed E-state index contributed by atoms with van der Waals surface area (Å²) in [5.74, 6) is -0.192. The number of ether oxygens (including phenoxy) is 1. The average molecular weight is 347 g/mol. The van der Waals surface area contributed by atoms with E-state index in [4.69, 9.17) is 4.74 Å². The molecule has 1 aromatic heterocycles. The number of alkyl halides is 3. The standard InChI is InChI=1S/C15H21F3N4O2/c16-15(17,18)13-3-4-22(19-13)11-14(23)21-7-5-20(6-8-21)10-12-2-1-9-24-12/h3-4,12H,1-2,5-11H2/p+1/t12-/m1/s1. The fourth-order valence-electron chi connectivity index (χ4n) is 3.24. The first-order valence-electron chi connectivity index (χ1n) is 8.25. The highest BCUT2D eigenvalue weighted by Crippen LogP contribution is 2.27. The molecule has 3 heterocycles. The number of aromatic nitrogens is 2. The molecule has 0 aromatic carbocycles. The third-order valence-electron chi connectivity index (χ3n) is 4.59. The lowest BCUT2D eigenvalue weighted by molar-refractivity contribution is -0.906. The first-order valence-corrected chi connectivity index (χ1v) is 8.25. The number of halogens is 3. The van der Waals surface area contributed by atoms with Crippen molar-refractivity contribution in [3.63, 3.8) is 0 Å². The molecule has 1 N–H and O–H groups in total. The zero-order chi connectivity index (χ0) is 17.2. The molecule has 2 saturated heterocycles. The number of piperazine rings is 1. The van der Waals surface area contributed by atoms with E-state index in [0.717, 1.165) is 49.8 Å². The largest absolute Gasteiger partial charge is 0.435 e. The smallest absolute Gasteiger partial charge is 0.372 e. The minimum Gasteiger partial charge on any atom is -0.372 e. The third kappa shape index (κ3) is 4.27. The first kappa shape index (κ1) is 17.2. The zero-order valence-electron chi connectivity index (χ0n) is 13.4. The Morgan fingerprint density at radius 2 is 2.12 bits per heavy atom. The van der Waals surface area contributed by atoms with Gasteiger partial charge in [0, 0.05) is 12.8 Å². The Hall–Kier alpha value is -1.61. The number of carbonyl (C=O) groups excluding carboxylic acids is 1. The van der Waals surface area contributed by atoms with Crippen LogP contribution in [0.25, 0.3) is 0 Å². The minimum absolute atomic E-state index is 0.156. The molecular formula is C15H22F3N4O2+. The van der Waals surface area contributed by atoms with Gasteiger partial charge in [-0.3, -0.25) is 9.48 Å². The van der Waals surface area contributed by atoms with E-state index in [1.54, 1.807) is 4.90 Å². The van der Waals surface area contributed by atoms with Gasteiger partial charge in [0.1, 0.15) is 19.2 Å². The molecule has 6 nitrogen and oxygen atoms in total. The Labute approximate surface area is 138 Å². The first-order chi connectivity index (χ1) is 11.4. The van der Waals surface area contributed by atoms with Gasteiger partial charge >= 0.3 is 6.18 Å². The maximum atomic E-state index is 12.5. The lowest BCUT2D eigenvalue weighted by Gasteiger charge is -2.33. The molecule has 2 aliphatic heterocycles. The van der Waals surface area contributed by atoms with Gasteiger partial charge in [0.05, 0.1) is 26.2 Å². The number of quaternary nitrogens is 1. The summed E-state index contributed by atoms with van der Waals surface area (Å²) in [5.41, 5.74) is -0.971. The van der Waals surface area contributed by atoms with Gasteiger partial charge in [0.2, 0.25) is 5.91 Å². The van der Waals surface area contributed by atoms with Crippen molar-refractivity contribution < 1.29 is 27.6 Å². The fourth-order valence-corrected chi connectivity index (χ4v) is 3.24. The molecule has 0 saturated carbocycles. The van der Waals surface area contributed by atoms with Gasteiger partial charge in [-0.05, 0) is 18.9 Å². The van der Waals surface area contributed by atoms with Crippen LogP contribution < -0.4 is 4.90 Å². The van der Waals surface area contributed by atoms with Gasteiger partial charge < -0.3 is 14.5 Å². The summed E-state index contributed by atoms with van der Waals surface area (Å²) in [6.45, 7) is 4.58. The monoisotopic (exact) mass is 347 g/mol. The maximum Gasteiger partial charge on any atom is 0.435 e. The van der Waals surface area contributed by atoms with Gasteiger partial charge in [0.25, 0.3) is 0 Å². The van der Waals surface area contributed by atoms with Crippen molar-refractivity contribution in [3.05, 3.63) is 18.0 Å². The Bertz CT molecular complexity index is 561. The highest BCUT2D eigenvalue weighted by atomic mass is 19.4. The van der Waals surface area contributed by atoms with Gasteiger partial charge in [0.15, 0.2) is 5.69 Å². The molecule has 1 aromatic rings. The molecule has 1 amide bonds. The van der Waals surface area contributed by atoms with E-state index in [2.05, 4.69) is 5.10 Å². The summed E-state index contributed by atoms with van der Waals surface area (Å²) >= 11 is 0. The zero-order valence-corrected chi connectivity index (χ0v) is 13.4. The molecule has 0 aliphatic carbocycles. The highest BCUT2D eigenvalue weighted by molar-refractivity contribution is 5.75. The Kier molecular flexibility index (Phi) is 5.09. The summed E-state index contributed by atoms with van der Waals surface area (Å²) in [7, 11) is 0. The summed E-state index contributed by atoms with van der Waals surface area (Å²) in [5, 5.41) is 3.42. The van der Waals surface area contributed by atoms with E-state index in [1.165, 1.54) is 11.1 Å². The van der Waals surface area contributed by atoms with Crippen LogP contribution in [0.2, 0.25) is 0 Å². The number of carbonyl (C=O) groups is 1. The van der Waals surface area contributed by atoms with Crippen molar-refractivity contribution in [2.45, 2.75) is 31.7 Å². The number of amides is 1. The number of hydrogen-bond donors (Lipinski definition) is 1. The number of rotatable bonds is 4. The van der Waals surface area contributed by atoms with Crippen LogP contribution in [0, 0.1) is 0 Å². The lowest BCUT2D eigenvalue weighted by atomic mass is 10.2. The van der Waals surface area contributed by atoms with Crippen LogP contribution in [0.15, 0.2) is 12.3 Å². The molecule has 3 rings (SSSR count). The predicted molar refractivity (Wildman–Crippen MR) is 78.3 cm³/mol. The van der Waals surface area contributed by atoms with Crippen molar-refractivity contribution in [1.82, 2.24) is 14.7 Å². The second kappa shape index (κ2) is 7.10. The molecule has 2 fully saturated rings. The van der Waals surface area contributed by atoms with Gasteiger partial charge in [-0.2, -0.15) is 18.3 Å². The van der Waals surface area contributed by atoms with Crippen LogP contribution >= 0.6 is 0 Å². The molecule has 0 radical (unpaired) electrons. The Morgan fingerprint density at radius 3 is 2.71 bits per heavy atom. The SMILES string of the molecule is O=C(Cn1ccc(C(F)(F)F)n1)N1CC[NH+](C[C@H]2CCCO2)CC1. The summed E-state index contributed by atoms with van der Waals surface area (Å²) in [6, 6.07) is 0.886. The number of nitrogens with zero attached hydrogens (tertiary/aromatic N) is 3. The Balaban J connectivity index is 1.45. The number of hydrogen-bond acceptors (Lipinski definition) is 3. The predicted octanol–water partition coefficient (Wildman–Crippen LogP) is -0.192. The summed E-state index contributed by atoms with van der Waals surface area (Å²) in [4.78, 5) is 15.4. The van der Waals surface area contributed by atoms with E-state index < -0.39 is 11.9 Å². The molecule has 0 spiro atoms. The molecule has 0 unspecified atom stereocenters. The molecule has 1 atom stereocenters. The minimum atomic E-state index is -4.48. The second-order valence-corrected chi connectivity index (χ2v) is 6.37. The van der Waals surface area contributed by atoms with E-state index in [-0.39, 0.29) is 12.5 Å². The van der Waals surface area contributed by atoms with Crippen molar-refractivity contribution in [1.29, 1.82) is 0 Å². The molecule has 0 bridgehead atoms. The van der Waals surface area contributed by atoms with Crippen molar-refractivity contribution in [2.75, 3.05) is 39.3 Å². The third-order valence-corrected chi connectivity index (χ3v) is 4.59. The van der Waals surface area contributed by atoms with E-state index in [1.807, 2.05) is 0 Å². The van der Waals surface area contributed by atoms with Crippen LogP contribution in [0.5, 0.6) is 0 Å². The van der Waals surface area contributed by atoms with E-state index >= 15 is 0 Å². The van der Waals surface area contributed by atoms with E-state index in [0.29, 0.717) is 19.2 Å². The molecular weight excluding hydrogens is 325 g/mol. The van der Waals surface area contributed by atoms with Crippen LogP contribution in [-0.2, 0) is 22.3 Å². The van der Waals surface area contributed by atoms with Crippen molar-refractivity contribution in [3.8, 4) is 0 Å². The lowest BCUT2D eigenvalue weighted by Crippen LogP contribution is -3.15. The van der Waals surface area contributed by atoms with Gasteiger partial charge in [-0.25, -0.2) is 0 Å². The van der Waals surface area contributed by atoms with Gasteiger partial charge in [-0.15, -0.1) is 0 Å². The van der Waals surface area contributed by atoms with E-state index in [9.17, 15) is 18.0 Å². The summed E-state index contributed by atoms with van der Waals surface area (Å²) in [6.07, 6.45) is -0.739. The molecule has 9 heteroatoms.